The van der Waals surface area contributed by atoms with E-state index in [1.807, 2.05) is 31.2 Å². The van der Waals surface area contributed by atoms with Gasteiger partial charge < -0.3 is 20.4 Å². The fraction of sp³-hybridized carbons (Fsp3) is 0.318. The van der Waals surface area contributed by atoms with Gasteiger partial charge in [-0.05, 0) is 36.8 Å². The summed E-state index contributed by atoms with van der Waals surface area (Å²) < 4.78 is 12.7. The first-order valence-corrected chi connectivity index (χ1v) is 11.6. The number of carboxylic acids is 1. The molecule has 0 bridgehead atoms. The van der Waals surface area contributed by atoms with Gasteiger partial charge in [0.15, 0.2) is 0 Å². The predicted molar refractivity (Wildman–Crippen MR) is 129 cm³/mol. The number of nitrogen functional groups attached to an aromatic ring is 1. The molecule has 4 rings (SSSR count). The predicted octanol–water partition coefficient (Wildman–Crippen LogP) is 1.42. The number of benzene rings is 2. The minimum absolute atomic E-state index is 0.0585. The molecule has 0 unspecified atom stereocenters. The van der Waals surface area contributed by atoms with Gasteiger partial charge in [-0.2, -0.15) is 4.79 Å². The summed E-state index contributed by atoms with van der Waals surface area (Å²) in [6.45, 7) is 3.28. The number of rotatable bonds is 8. The normalized spacial score (nSPS) is 15.3. The van der Waals surface area contributed by atoms with Crippen LogP contribution in [0.2, 0.25) is 0 Å². The molecule has 0 amide bonds. The first-order chi connectivity index (χ1) is 15.8. The molecule has 10 nitrogen and oxygen atoms in total. The minimum atomic E-state index is -1.03. The summed E-state index contributed by atoms with van der Waals surface area (Å²) in [4.78, 5) is 30.2. The second-order valence-corrected chi connectivity index (χ2v) is 9.27. The molecule has 1 aromatic heterocycles. The number of hydrogen-bond acceptors (Lipinski definition) is 6. The molecule has 1 saturated heterocycles. The zero-order valence-corrected chi connectivity index (χ0v) is 20.1. The average Bonchev–Trinajstić information content (AvgIpc) is 2.97. The molecule has 33 heavy (non-hydrogen) atoms. The van der Waals surface area contributed by atoms with Crippen LogP contribution >= 0.6 is 22.6 Å². The largest absolute Gasteiger partial charge is 0.486 e. The lowest BCUT2D eigenvalue weighted by molar-refractivity contribution is -0.136. The average molecular weight is 565 g/mol. The maximum absolute atomic E-state index is 13.2. The molecule has 11 heteroatoms. The van der Waals surface area contributed by atoms with Crippen LogP contribution in [0.1, 0.15) is 11.1 Å². The number of halogens is 1. The molecular formula is C22H24IN5O5. The summed E-state index contributed by atoms with van der Waals surface area (Å²) in [6, 6.07) is 14.9. The fourth-order valence-corrected chi connectivity index (χ4v) is 3.63. The highest BCUT2D eigenvalue weighted by atomic mass is 127. The Kier molecular flexibility index (Phi) is 6.88. The maximum Gasteiger partial charge on any atom is 0.347 e. The van der Waals surface area contributed by atoms with Gasteiger partial charge in [-0.25, -0.2) is 14.5 Å². The van der Waals surface area contributed by atoms with E-state index in [2.05, 4.69) is 4.99 Å². The van der Waals surface area contributed by atoms with E-state index in [1.54, 1.807) is 46.9 Å². The molecule has 2 aromatic carbocycles. The van der Waals surface area contributed by atoms with Gasteiger partial charge in [0.2, 0.25) is 5.62 Å². The molecule has 0 radical (unpaired) electrons. The van der Waals surface area contributed by atoms with E-state index in [9.17, 15) is 14.7 Å². The number of aromatic nitrogens is 3. The van der Waals surface area contributed by atoms with Gasteiger partial charge in [-0.3, -0.25) is 9.36 Å². The van der Waals surface area contributed by atoms with Crippen LogP contribution < -0.4 is 21.9 Å². The van der Waals surface area contributed by atoms with Crippen LogP contribution in [-0.4, -0.2) is 48.4 Å². The molecule has 0 spiro atoms. The van der Waals surface area contributed by atoms with Gasteiger partial charge in [-0.1, -0.05) is 52.4 Å². The Balaban J connectivity index is 1.73. The van der Waals surface area contributed by atoms with Gasteiger partial charge in [0.1, 0.15) is 15.8 Å². The van der Waals surface area contributed by atoms with Gasteiger partial charge >= 0.3 is 11.7 Å². The van der Waals surface area contributed by atoms with Crippen LogP contribution in [0.5, 0.6) is 5.75 Å². The first kappa shape index (κ1) is 23.1. The van der Waals surface area contributed by atoms with Crippen molar-refractivity contribution in [3.8, 4) is 5.75 Å². The lowest BCUT2D eigenvalue weighted by atomic mass is 10.1. The van der Waals surface area contributed by atoms with E-state index < -0.39 is 15.6 Å². The second-order valence-electron chi connectivity index (χ2n) is 7.77. The molecule has 174 valence electrons. The third-order valence-electron chi connectivity index (χ3n) is 5.20. The Labute approximate surface area is 203 Å². The Bertz CT molecular complexity index is 1260. The van der Waals surface area contributed by atoms with Crippen molar-refractivity contribution < 1.29 is 19.4 Å². The number of carbonyl (C=O) groups is 1. The van der Waals surface area contributed by atoms with E-state index in [4.69, 9.17) is 15.3 Å². The maximum atomic E-state index is 13.2. The number of hydrogen-bond donors (Lipinski definition) is 2. The first-order valence-electron chi connectivity index (χ1n) is 10.3. The summed E-state index contributed by atoms with van der Waals surface area (Å²) in [5.41, 5.74) is 2.34. The van der Waals surface area contributed by atoms with Crippen molar-refractivity contribution in [1.29, 1.82) is 0 Å². The van der Waals surface area contributed by atoms with Gasteiger partial charge in [0.25, 0.3) is 0 Å². The summed E-state index contributed by atoms with van der Waals surface area (Å²) in [5.74, 6) is 5.90. The summed E-state index contributed by atoms with van der Waals surface area (Å²) in [6.07, 6.45) is 0.0585. The number of alkyl halides is 1. The van der Waals surface area contributed by atoms with E-state index in [0.717, 1.165) is 15.9 Å². The minimum Gasteiger partial charge on any atom is -0.486 e. The number of nitrogens with two attached hydrogens (primary N) is 1. The van der Waals surface area contributed by atoms with Crippen LogP contribution in [0.4, 0.5) is 5.69 Å². The van der Waals surface area contributed by atoms with Crippen molar-refractivity contribution in [3.05, 3.63) is 75.8 Å². The van der Waals surface area contributed by atoms with Gasteiger partial charge in [0, 0.05) is 0 Å². The fourth-order valence-electron chi connectivity index (χ4n) is 3.26. The van der Waals surface area contributed by atoms with Crippen LogP contribution in [0, 0.1) is 6.92 Å². The molecule has 3 N–H and O–H groups in total. The molecule has 0 saturated carbocycles. The third-order valence-corrected chi connectivity index (χ3v) is 6.12. The van der Waals surface area contributed by atoms with Crippen molar-refractivity contribution in [3.63, 3.8) is 0 Å². The zero-order chi connectivity index (χ0) is 23.5. The van der Waals surface area contributed by atoms with E-state index in [-0.39, 0.29) is 24.8 Å². The smallest absolute Gasteiger partial charge is 0.347 e. The Morgan fingerprint density at radius 2 is 1.91 bits per heavy atom. The molecule has 3 aromatic rings. The third kappa shape index (κ3) is 5.30. The standard InChI is InChI=1S/C22H24IN5O5/c1-14-2-4-15(5-3-14)10-26-21(28(24)27(22(26)31)11-19(23)20(29)30)25-16-6-8-17(9-7-16)33-18-12-32-13-18/h2-9,18-19H,10-13,24H2,1H3,(H,29,30)/b25-21-/t19-/m0/s1. The van der Waals surface area contributed by atoms with Gasteiger partial charge in [0.05, 0.1) is 32.0 Å². The number of nitrogens with zero attached hydrogens (tertiary/aromatic N) is 4. The second kappa shape index (κ2) is 9.83. The topological polar surface area (TPSA) is 126 Å². The molecule has 1 aliphatic rings. The lowest BCUT2D eigenvalue weighted by Gasteiger charge is -2.26. The number of aryl methyl sites for hydroxylation is 1. The Hall–Kier alpha value is -3.06. The molecular weight excluding hydrogens is 541 g/mol. The van der Waals surface area contributed by atoms with Crippen molar-refractivity contribution in [2.75, 3.05) is 19.1 Å². The van der Waals surface area contributed by atoms with Crippen molar-refractivity contribution in [2.45, 2.75) is 30.0 Å². The number of ether oxygens (including phenoxy) is 2. The van der Waals surface area contributed by atoms with E-state index >= 15 is 0 Å². The Morgan fingerprint density at radius 1 is 1.24 bits per heavy atom. The van der Waals surface area contributed by atoms with Crippen molar-refractivity contribution >= 4 is 34.2 Å². The van der Waals surface area contributed by atoms with Crippen LogP contribution in [-0.2, 0) is 22.6 Å². The monoisotopic (exact) mass is 565 g/mol. The highest BCUT2D eigenvalue weighted by Crippen LogP contribution is 2.20. The Morgan fingerprint density at radius 3 is 2.48 bits per heavy atom. The number of aliphatic carboxylic acids is 1. The molecule has 1 aliphatic heterocycles. The van der Waals surface area contributed by atoms with Crippen molar-refractivity contribution in [2.24, 2.45) is 4.99 Å². The highest BCUT2D eigenvalue weighted by molar-refractivity contribution is 14.1. The van der Waals surface area contributed by atoms with Crippen molar-refractivity contribution in [1.82, 2.24) is 14.0 Å². The summed E-state index contributed by atoms with van der Waals surface area (Å²) >= 11 is 1.77. The SMILES string of the molecule is Cc1ccc(Cn2c(=O)n(C[C@H](I)C(=O)O)n(N)/c2=N\c2ccc(OC3COC3)cc2)cc1. The van der Waals surface area contributed by atoms with Crippen LogP contribution in [0.25, 0.3) is 0 Å². The van der Waals surface area contributed by atoms with E-state index in [1.165, 1.54) is 9.25 Å². The highest BCUT2D eigenvalue weighted by Gasteiger charge is 2.21. The van der Waals surface area contributed by atoms with Crippen LogP contribution in [0.15, 0.2) is 58.3 Å². The summed E-state index contributed by atoms with van der Waals surface area (Å²) in [5, 5.41) is 9.29. The molecule has 0 aliphatic carbocycles. The zero-order valence-electron chi connectivity index (χ0n) is 17.9. The van der Waals surface area contributed by atoms with Crippen LogP contribution in [0.3, 0.4) is 0 Å². The molecule has 1 atom stereocenters. The van der Waals surface area contributed by atoms with E-state index in [0.29, 0.717) is 24.7 Å². The number of carboxylic acid groups (broad SMARTS) is 1. The van der Waals surface area contributed by atoms with Gasteiger partial charge in [-0.15, -0.1) is 0 Å². The quantitative estimate of drug-likeness (QED) is 0.242. The molecule has 2 heterocycles. The lowest BCUT2D eigenvalue weighted by Crippen LogP contribution is -2.38. The summed E-state index contributed by atoms with van der Waals surface area (Å²) in [7, 11) is 0. The molecule has 1 fully saturated rings.